The maximum absolute atomic E-state index is 12.0. The summed E-state index contributed by atoms with van der Waals surface area (Å²) in [6.45, 7) is 0. The van der Waals surface area contributed by atoms with E-state index in [1.807, 2.05) is 0 Å². The average molecular weight is 430 g/mol. The van der Waals surface area contributed by atoms with E-state index in [0.29, 0.717) is 14.5 Å². The van der Waals surface area contributed by atoms with E-state index in [1.54, 1.807) is 6.07 Å². The summed E-state index contributed by atoms with van der Waals surface area (Å²) in [5.41, 5.74) is 2.59. The third kappa shape index (κ3) is 3.77. The molecule has 0 aliphatic carbocycles. The van der Waals surface area contributed by atoms with Gasteiger partial charge in [0.15, 0.2) is 0 Å². The Labute approximate surface area is 142 Å². The molecule has 8 heteroatoms. The van der Waals surface area contributed by atoms with Gasteiger partial charge in [0.1, 0.15) is 17.2 Å². The Morgan fingerprint density at radius 3 is 2.55 bits per heavy atom. The first-order valence-corrected chi connectivity index (χ1v) is 7.50. The molecule has 2 aromatic rings. The third-order valence-electron chi connectivity index (χ3n) is 2.66. The van der Waals surface area contributed by atoms with Gasteiger partial charge in [0.25, 0.3) is 5.91 Å². The predicted octanol–water partition coefficient (Wildman–Crippen LogP) is 3.09. The lowest BCUT2D eigenvalue weighted by Crippen LogP contribution is -2.17. The van der Waals surface area contributed by atoms with Crippen LogP contribution < -0.4 is 5.43 Å². The van der Waals surface area contributed by atoms with Crippen LogP contribution in [0.25, 0.3) is 0 Å². The van der Waals surface area contributed by atoms with Crippen LogP contribution in [0.2, 0.25) is 0 Å². The molecule has 0 saturated heterocycles. The SMILES string of the molecule is O=C(N/N=C/c1ccc(O)cc1O)c1cc(Br)cc(Br)c1O. The van der Waals surface area contributed by atoms with Crippen LogP contribution in [0.5, 0.6) is 17.2 Å². The fourth-order valence-corrected chi connectivity index (χ4v) is 2.83. The van der Waals surface area contributed by atoms with Gasteiger partial charge in [-0.3, -0.25) is 4.79 Å². The molecule has 0 spiro atoms. The maximum atomic E-state index is 12.0. The summed E-state index contributed by atoms with van der Waals surface area (Å²) in [6, 6.07) is 7.01. The molecule has 0 atom stereocenters. The van der Waals surface area contributed by atoms with Gasteiger partial charge in [-0.05, 0) is 40.2 Å². The molecule has 6 nitrogen and oxygen atoms in total. The molecule has 0 aliphatic heterocycles. The molecule has 2 rings (SSSR count). The molecule has 1 amide bonds. The molecule has 0 aromatic heterocycles. The molecule has 0 radical (unpaired) electrons. The van der Waals surface area contributed by atoms with E-state index in [-0.39, 0.29) is 22.8 Å². The van der Waals surface area contributed by atoms with Crippen LogP contribution in [0.3, 0.4) is 0 Å². The van der Waals surface area contributed by atoms with Crippen molar-refractivity contribution < 1.29 is 20.1 Å². The average Bonchev–Trinajstić information content (AvgIpc) is 2.45. The third-order valence-corrected chi connectivity index (χ3v) is 3.72. The maximum Gasteiger partial charge on any atom is 0.275 e. The zero-order valence-corrected chi connectivity index (χ0v) is 14.1. The number of rotatable bonds is 3. The Morgan fingerprint density at radius 2 is 1.86 bits per heavy atom. The fraction of sp³-hybridized carbons (Fsp3) is 0. The lowest BCUT2D eigenvalue weighted by atomic mass is 10.2. The monoisotopic (exact) mass is 428 g/mol. The van der Waals surface area contributed by atoms with Gasteiger partial charge in [0.2, 0.25) is 0 Å². The fourth-order valence-electron chi connectivity index (χ4n) is 1.60. The number of carbonyl (C=O) groups excluding carboxylic acids is 1. The molecule has 114 valence electrons. The van der Waals surface area contributed by atoms with Crippen molar-refractivity contribution in [3.8, 4) is 17.2 Å². The first kappa shape index (κ1) is 16.3. The van der Waals surface area contributed by atoms with Gasteiger partial charge in [-0.15, -0.1) is 0 Å². The van der Waals surface area contributed by atoms with Gasteiger partial charge in [-0.2, -0.15) is 5.10 Å². The highest BCUT2D eigenvalue weighted by molar-refractivity contribution is 9.11. The molecule has 0 heterocycles. The summed E-state index contributed by atoms with van der Waals surface area (Å²) in [5, 5.41) is 32.3. The number of carbonyl (C=O) groups is 1. The van der Waals surface area contributed by atoms with Crippen molar-refractivity contribution in [3.63, 3.8) is 0 Å². The number of hydrazone groups is 1. The number of halogens is 2. The zero-order valence-electron chi connectivity index (χ0n) is 10.9. The van der Waals surface area contributed by atoms with E-state index in [0.717, 1.165) is 6.07 Å². The second-order valence-electron chi connectivity index (χ2n) is 4.23. The number of hydrogen-bond donors (Lipinski definition) is 4. The molecule has 4 N–H and O–H groups in total. The van der Waals surface area contributed by atoms with Gasteiger partial charge in [-0.25, -0.2) is 5.43 Å². The van der Waals surface area contributed by atoms with Gasteiger partial charge in [0, 0.05) is 16.1 Å². The van der Waals surface area contributed by atoms with Crippen LogP contribution in [0, 0.1) is 0 Å². The van der Waals surface area contributed by atoms with E-state index < -0.39 is 5.91 Å². The Bertz CT molecular complexity index is 763. The first-order chi connectivity index (χ1) is 10.4. The number of phenolic OH excluding ortho intramolecular Hbond substituents is 3. The van der Waals surface area contributed by atoms with E-state index in [9.17, 15) is 20.1 Å². The minimum atomic E-state index is -0.617. The minimum absolute atomic E-state index is 0.0355. The summed E-state index contributed by atoms with van der Waals surface area (Å²) in [7, 11) is 0. The summed E-state index contributed by atoms with van der Waals surface area (Å²) in [5.74, 6) is -1.08. The second kappa shape index (κ2) is 6.80. The highest BCUT2D eigenvalue weighted by atomic mass is 79.9. The number of amides is 1. The highest BCUT2D eigenvalue weighted by Gasteiger charge is 2.14. The number of aromatic hydroxyl groups is 3. The van der Waals surface area contributed by atoms with E-state index in [2.05, 4.69) is 42.4 Å². The molecule has 0 fully saturated rings. The number of benzene rings is 2. The van der Waals surface area contributed by atoms with E-state index in [1.165, 1.54) is 24.4 Å². The molecular formula is C14H10Br2N2O4. The first-order valence-electron chi connectivity index (χ1n) is 5.92. The van der Waals surface area contributed by atoms with Crippen LogP contribution >= 0.6 is 31.9 Å². The standard InChI is InChI=1S/C14H10Br2N2O4/c15-8-3-10(13(21)11(16)4-8)14(22)18-17-6-7-1-2-9(19)5-12(7)20/h1-6,19-21H,(H,18,22)/b17-6+. The van der Waals surface area contributed by atoms with Crippen LogP contribution in [0.15, 0.2) is 44.4 Å². The normalized spacial score (nSPS) is 10.8. The zero-order chi connectivity index (χ0) is 16.3. The molecular weight excluding hydrogens is 420 g/mol. The minimum Gasteiger partial charge on any atom is -0.508 e. The molecule has 2 aromatic carbocycles. The van der Waals surface area contributed by atoms with Crippen LogP contribution in [0.1, 0.15) is 15.9 Å². The van der Waals surface area contributed by atoms with Crippen LogP contribution in [0.4, 0.5) is 0 Å². The van der Waals surface area contributed by atoms with Crippen molar-refractivity contribution in [2.24, 2.45) is 5.10 Å². The highest BCUT2D eigenvalue weighted by Crippen LogP contribution is 2.31. The predicted molar refractivity (Wildman–Crippen MR) is 88.3 cm³/mol. The lowest BCUT2D eigenvalue weighted by molar-refractivity contribution is 0.0952. The van der Waals surface area contributed by atoms with Crippen molar-refractivity contribution in [3.05, 3.63) is 50.4 Å². The Morgan fingerprint density at radius 1 is 1.14 bits per heavy atom. The number of phenols is 3. The van der Waals surface area contributed by atoms with Crippen molar-refractivity contribution in [1.82, 2.24) is 5.43 Å². The number of hydrogen-bond acceptors (Lipinski definition) is 5. The molecule has 22 heavy (non-hydrogen) atoms. The Hall–Kier alpha value is -2.06. The summed E-state index contributed by atoms with van der Waals surface area (Å²) in [4.78, 5) is 12.0. The quantitative estimate of drug-likeness (QED) is 0.444. The van der Waals surface area contributed by atoms with Crippen molar-refractivity contribution in [2.75, 3.05) is 0 Å². The molecule has 0 saturated carbocycles. The molecule has 0 aliphatic rings. The largest absolute Gasteiger partial charge is 0.508 e. The number of nitrogens with zero attached hydrogens (tertiary/aromatic N) is 1. The van der Waals surface area contributed by atoms with Crippen molar-refractivity contribution >= 4 is 44.0 Å². The van der Waals surface area contributed by atoms with Gasteiger partial charge in [-0.1, -0.05) is 15.9 Å². The summed E-state index contributed by atoms with van der Waals surface area (Å²) < 4.78 is 0.981. The van der Waals surface area contributed by atoms with Gasteiger partial charge in [0.05, 0.1) is 16.3 Å². The van der Waals surface area contributed by atoms with Crippen LogP contribution in [-0.4, -0.2) is 27.4 Å². The van der Waals surface area contributed by atoms with Crippen molar-refractivity contribution in [1.29, 1.82) is 0 Å². The van der Waals surface area contributed by atoms with Crippen LogP contribution in [-0.2, 0) is 0 Å². The molecule has 0 unspecified atom stereocenters. The topological polar surface area (TPSA) is 102 Å². The molecule has 0 bridgehead atoms. The second-order valence-corrected chi connectivity index (χ2v) is 6.00. The van der Waals surface area contributed by atoms with E-state index >= 15 is 0 Å². The van der Waals surface area contributed by atoms with E-state index in [4.69, 9.17) is 0 Å². The van der Waals surface area contributed by atoms with Gasteiger partial charge < -0.3 is 15.3 Å². The Kier molecular flexibility index (Phi) is 5.04. The number of nitrogens with one attached hydrogen (secondary N) is 1. The summed E-state index contributed by atoms with van der Waals surface area (Å²) >= 11 is 6.35. The lowest BCUT2D eigenvalue weighted by Gasteiger charge is -2.06. The van der Waals surface area contributed by atoms with Crippen molar-refractivity contribution in [2.45, 2.75) is 0 Å². The summed E-state index contributed by atoms with van der Waals surface area (Å²) in [6.07, 6.45) is 1.22. The van der Waals surface area contributed by atoms with Gasteiger partial charge >= 0.3 is 0 Å². The smallest absolute Gasteiger partial charge is 0.275 e. The Balaban J connectivity index is 2.15.